The molecule has 1 aliphatic rings. The van der Waals surface area contributed by atoms with Crippen LogP contribution >= 0.6 is 0 Å². The molecule has 7 N–H and O–H groups in total. The molecule has 234 valence electrons. The molecule has 0 spiro atoms. The molecule has 0 saturated carbocycles. The molecule has 0 radical (unpaired) electrons. The van der Waals surface area contributed by atoms with Crippen molar-refractivity contribution < 1.29 is 9.63 Å². The second kappa shape index (κ2) is 16.4. The van der Waals surface area contributed by atoms with Crippen LogP contribution in [0.25, 0.3) is 22.3 Å². The average Bonchev–Trinajstić information content (AvgIpc) is 3.41. The van der Waals surface area contributed by atoms with E-state index < -0.39 is 0 Å². The van der Waals surface area contributed by atoms with Gasteiger partial charge in [0.1, 0.15) is 30.4 Å². The lowest BCUT2D eigenvalue weighted by molar-refractivity contribution is -0.0980. The van der Waals surface area contributed by atoms with E-state index in [1.54, 1.807) is 0 Å². The molecule has 12 heteroatoms. The molecule has 0 bridgehead atoms. The van der Waals surface area contributed by atoms with E-state index in [0.717, 1.165) is 58.9 Å². The number of fused-ring (bicyclic) bond motifs is 1. The van der Waals surface area contributed by atoms with Gasteiger partial charge in [-0.15, -0.1) is 0 Å². The predicted molar refractivity (Wildman–Crippen MR) is 176 cm³/mol. The van der Waals surface area contributed by atoms with E-state index in [4.69, 9.17) is 26.4 Å². The van der Waals surface area contributed by atoms with Gasteiger partial charge in [-0.1, -0.05) is 45.1 Å². The van der Waals surface area contributed by atoms with Crippen LogP contribution < -0.4 is 27.6 Å². The molecule has 12 nitrogen and oxygen atoms in total. The van der Waals surface area contributed by atoms with Gasteiger partial charge in [-0.3, -0.25) is 0 Å². The third kappa shape index (κ3) is 9.11. The second-order valence-corrected chi connectivity index (χ2v) is 11.2. The summed E-state index contributed by atoms with van der Waals surface area (Å²) in [4.78, 5) is 26.3. The van der Waals surface area contributed by atoms with Gasteiger partial charge >= 0.3 is 0 Å². The fraction of sp³-hybridized carbons (Fsp3) is 0.419. The van der Waals surface area contributed by atoms with Gasteiger partial charge in [0.25, 0.3) is 0 Å². The van der Waals surface area contributed by atoms with Gasteiger partial charge in [-0.2, -0.15) is 11.0 Å². The zero-order chi connectivity index (χ0) is 32.2. The molecule has 0 fully saturated rings. The fourth-order valence-corrected chi connectivity index (χ4v) is 4.50. The Labute approximate surface area is 255 Å². The number of anilines is 2. The van der Waals surface area contributed by atoms with Gasteiger partial charge in [-0.25, -0.2) is 14.6 Å². The Bertz CT molecular complexity index is 1390. The summed E-state index contributed by atoms with van der Waals surface area (Å²) in [6, 6.07) is 8.41. The second-order valence-electron chi connectivity index (χ2n) is 11.2. The largest absolute Gasteiger partial charge is 0.416 e. The maximum absolute atomic E-state index is 8.00. The van der Waals surface area contributed by atoms with Crippen LogP contribution in [0.1, 0.15) is 33.2 Å². The molecule has 2 aromatic heterocycles. The van der Waals surface area contributed by atoms with Crippen molar-refractivity contribution in [2.75, 3.05) is 58.5 Å². The molecule has 1 unspecified atom stereocenters. The van der Waals surface area contributed by atoms with Crippen molar-refractivity contribution in [3.8, 4) is 11.3 Å². The molecule has 0 aliphatic heterocycles. The quantitative estimate of drug-likeness (QED) is 0.202. The van der Waals surface area contributed by atoms with Crippen molar-refractivity contribution >= 4 is 29.3 Å². The molecule has 0 saturated heterocycles. The maximum Gasteiger partial charge on any atom is 0.164 e. The number of rotatable bonds is 10. The van der Waals surface area contributed by atoms with E-state index in [1.165, 1.54) is 13.4 Å². The van der Waals surface area contributed by atoms with Crippen molar-refractivity contribution in [3.05, 3.63) is 66.4 Å². The molecular formula is C31H48N10O2. The van der Waals surface area contributed by atoms with Crippen LogP contribution in [0, 0.1) is 5.41 Å². The average molecular weight is 593 g/mol. The number of nitrogens with two attached hydrogens (primary N) is 3. The van der Waals surface area contributed by atoms with E-state index in [-0.39, 0.29) is 11.5 Å². The standard InChI is InChI=1S/C29H41N9O.CH5N.CH2O/c1-29(2,3)24(39-31)15-16-32-21-9-13-23(14-10-21)38-28-25(27(30)33-19-34-28)26(35-38)20-7-11-22(12-8-20)37(6)18-17-36(4)5;2*1-2/h7-13,15,19,23,32H,14,16-18,31H2,1-6H3,(H2,30,33,34);2H2,1H3;1H2/b24-15-;;. The van der Waals surface area contributed by atoms with Gasteiger partial charge in [0.2, 0.25) is 0 Å². The lowest BCUT2D eigenvalue weighted by atomic mass is 9.93. The first-order valence-electron chi connectivity index (χ1n) is 14.1. The molecule has 43 heavy (non-hydrogen) atoms. The number of likely N-dealkylation sites (N-methyl/N-ethyl adjacent to an activating group) is 2. The Morgan fingerprint density at radius 1 is 1.14 bits per heavy atom. The minimum Gasteiger partial charge on any atom is -0.416 e. The molecule has 2 heterocycles. The predicted octanol–water partition coefficient (Wildman–Crippen LogP) is 3.26. The fourth-order valence-electron chi connectivity index (χ4n) is 4.50. The van der Waals surface area contributed by atoms with Crippen LogP contribution in [-0.2, 0) is 9.63 Å². The highest BCUT2D eigenvalue weighted by Crippen LogP contribution is 2.34. The highest BCUT2D eigenvalue weighted by molar-refractivity contribution is 5.98. The summed E-state index contributed by atoms with van der Waals surface area (Å²) < 4.78 is 1.95. The minimum atomic E-state index is -0.150. The van der Waals surface area contributed by atoms with Crippen molar-refractivity contribution in [2.45, 2.75) is 33.2 Å². The summed E-state index contributed by atoms with van der Waals surface area (Å²) in [5.41, 5.74) is 15.4. The summed E-state index contributed by atoms with van der Waals surface area (Å²) in [5, 5.41) is 9.19. The van der Waals surface area contributed by atoms with Gasteiger partial charge in [0, 0.05) is 49.0 Å². The van der Waals surface area contributed by atoms with Crippen LogP contribution in [-0.4, -0.2) is 79.3 Å². The summed E-state index contributed by atoms with van der Waals surface area (Å²) >= 11 is 0. The first kappa shape index (κ1) is 34.9. The lowest BCUT2D eigenvalue weighted by Gasteiger charge is -2.21. The molecule has 4 rings (SSSR count). The van der Waals surface area contributed by atoms with Crippen LogP contribution in [0.2, 0.25) is 0 Å². The van der Waals surface area contributed by atoms with E-state index in [0.29, 0.717) is 12.4 Å². The zero-order valence-corrected chi connectivity index (χ0v) is 26.5. The zero-order valence-electron chi connectivity index (χ0n) is 26.5. The highest BCUT2D eigenvalue weighted by atomic mass is 16.6. The van der Waals surface area contributed by atoms with Crippen molar-refractivity contribution in [1.82, 2.24) is 30.0 Å². The Hall–Kier alpha value is -4.26. The molecule has 1 aliphatic carbocycles. The third-order valence-corrected chi connectivity index (χ3v) is 6.83. The first-order valence-corrected chi connectivity index (χ1v) is 14.1. The monoisotopic (exact) mass is 592 g/mol. The van der Waals surface area contributed by atoms with Crippen LogP contribution in [0.3, 0.4) is 0 Å². The number of aromatic nitrogens is 4. The number of nitrogen functional groups attached to an aromatic ring is 1. The van der Waals surface area contributed by atoms with Gasteiger partial charge in [0.05, 0.1) is 11.4 Å². The van der Waals surface area contributed by atoms with Gasteiger partial charge in [-0.05, 0) is 51.8 Å². The van der Waals surface area contributed by atoms with E-state index in [9.17, 15) is 0 Å². The van der Waals surface area contributed by atoms with Crippen molar-refractivity contribution in [2.24, 2.45) is 17.0 Å². The van der Waals surface area contributed by atoms with E-state index in [1.807, 2.05) is 17.5 Å². The third-order valence-electron chi connectivity index (χ3n) is 6.83. The molecule has 0 amide bonds. The Morgan fingerprint density at radius 2 is 1.81 bits per heavy atom. The lowest BCUT2D eigenvalue weighted by Crippen LogP contribution is -2.28. The number of hydrogen-bond acceptors (Lipinski definition) is 11. The maximum atomic E-state index is 8.00. The number of benzene rings is 1. The highest BCUT2D eigenvalue weighted by Gasteiger charge is 2.22. The number of carbonyl (C=O) groups is 1. The van der Waals surface area contributed by atoms with Gasteiger partial charge < -0.3 is 36.2 Å². The Morgan fingerprint density at radius 3 is 2.37 bits per heavy atom. The number of allylic oxidation sites excluding steroid dienone is 4. The van der Waals surface area contributed by atoms with Gasteiger partial charge in [0.15, 0.2) is 5.65 Å². The summed E-state index contributed by atoms with van der Waals surface area (Å²) in [6.45, 7) is 10.7. The smallest absolute Gasteiger partial charge is 0.164 e. The molecule has 3 aromatic rings. The number of hydrogen-bond donors (Lipinski definition) is 4. The Kier molecular flexibility index (Phi) is 13.3. The molecule has 1 atom stereocenters. The summed E-state index contributed by atoms with van der Waals surface area (Å²) in [7, 11) is 7.77. The number of carbonyl (C=O) groups excluding carboxylic acids is 1. The SMILES string of the molecule is C=O.CN.CN(C)CCN(C)c1ccc(-c2nn(C3C=CC(NC/C=C(\ON)C(C)(C)C)=CC3)c3ncnc(N)c23)cc1. The summed E-state index contributed by atoms with van der Waals surface area (Å²) in [6.07, 6.45) is 10.6. The molecule has 1 aromatic carbocycles. The number of nitrogens with zero attached hydrogens (tertiary/aromatic N) is 6. The normalized spacial score (nSPS) is 14.8. The van der Waals surface area contributed by atoms with Crippen molar-refractivity contribution in [3.63, 3.8) is 0 Å². The minimum absolute atomic E-state index is 0.00518. The van der Waals surface area contributed by atoms with Crippen LogP contribution in [0.5, 0.6) is 0 Å². The van der Waals surface area contributed by atoms with E-state index in [2.05, 4.69) is 115 Å². The topological polar surface area (TPSA) is 166 Å². The van der Waals surface area contributed by atoms with Crippen LogP contribution in [0.4, 0.5) is 11.5 Å². The molecular weight excluding hydrogens is 544 g/mol. The van der Waals surface area contributed by atoms with Crippen molar-refractivity contribution in [1.29, 1.82) is 0 Å². The first-order chi connectivity index (χ1) is 20.6. The Balaban J connectivity index is 0.00000155. The summed E-state index contributed by atoms with van der Waals surface area (Å²) in [5.74, 6) is 6.62. The van der Waals surface area contributed by atoms with Crippen LogP contribution in [0.15, 0.2) is 66.4 Å². The van der Waals surface area contributed by atoms with E-state index >= 15 is 0 Å². The number of nitrogens with one attached hydrogen (secondary N) is 1.